The van der Waals surface area contributed by atoms with Gasteiger partial charge in [-0.15, -0.1) is 0 Å². The van der Waals surface area contributed by atoms with Crippen LogP contribution in [0, 0.1) is 5.92 Å². The molecule has 1 aromatic carbocycles. The van der Waals surface area contributed by atoms with Gasteiger partial charge in [-0.3, -0.25) is 0 Å². The Morgan fingerprint density at radius 2 is 1.75 bits per heavy atom. The second-order valence-electron chi connectivity index (χ2n) is 6.54. The van der Waals surface area contributed by atoms with Crippen LogP contribution in [0.1, 0.15) is 36.8 Å². The zero-order valence-electron chi connectivity index (χ0n) is 11.9. The zero-order chi connectivity index (χ0) is 14.4. The molecule has 2 unspecified atom stereocenters. The summed E-state index contributed by atoms with van der Waals surface area (Å²) in [5, 5.41) is 10.8. The van der Waals surface area contributed by atoms with Crippen LogP contribution in [0.2, 0.25) is 0 Å². The Hall–Kier alpha value is -0.870. The predicted molar refractivity (Wildman–Crippen MR) is 79.4 cm³/mol. The summed E-state index contributed by atoms with van der Waals surface area (Å²) in [6.07, 6.45) is 5.88. The number of rotatable bonds is 2. The molecule has 2 atom stereocenters. The Kier molecular flexibility index (Phi) is 3.41. The Balaban J connectivity index is 1.80. The van der Waals surface area contributed by atoms with E-state index in [9.17, 15) is 13.5 Å². The number of benzene rings is 1. The van der Waals surface area contributed by atoms with Crippen molar-refractivity contribution in [1.29, 1.82) is 0 Å². The number of sulfone groups is 1. The standard InChI is InChI=1S/C16H22O3S/c1-20(18,19)15-8-4-7-14(9-15)16(17)10-12-5-2-3-6-13(12)11-16/h2-3,5-6,14-15,17H,4,7-11H2,1H3. The van der Waals surface area contributed by atoms with E-state index in [1.165, 1.54) is 17.4 Å². The van der Waals surface area contributed by atoms with Crippen LogP contribution in [-0.4, -0.2) is 30.6 Å². The first-order valence-corrected chi connectivity index (χ1v) is 9.32. The molecule has 0 radical (unpaired) electrons. The van der Waals surface area contributed by atoms with Crippen molar-refractivity contribution in [3.63, 3.8) is 0 Å². The van der Waals surface area contributed by atoms with Gasteiger partial charge in [0.1, 0.15) is 9.84 Å². The van der Waals surface area contributed by atoms with Gasteiger partial charge in [0.2, 0.25) is 0 Å². The minimum absolute atomic E-state index is 0.100. The third-order valence-electron chi connectivity index (χ3n) is 5.10. The molecule has 1 fully saturated rings. The van der Waals surface area contributed by atoms with Crippen LogP contribution in [0.25, 0.3) is 0 Å². The Morgan fingerprint density at radius 1 is 1.15 bits per heavy atom. The largest absolute Gasteiger partial charge is 0.389 e. The molecule has 110 valence electrons. The number of hydrogen-bond donors (Lipinski definition) is 1. The molecule has 1 aromatic rings. The second-order valence-corrected chi connectivity index (χ2v) is 8.87. The van der Waals surface area contributed by atoms with Crippen molar-refractivity contribution in [3.8, 4) is 0 Å². The summed E-state index contributed by atoms with van der Waals surface area (Å²) in [5.41, 5.74) is 1.69. The van der Waals surface area contributed by atoms with E-state index in [2.05, 4.69) is 12.1 Å². The third-order valence-corrected chi connectivity index (χ3v) is 6.74. The fraction of sp³-hybridized carbons (Fsp3) is 0.625. The first-order valence-electron chi connectivity index (χ1n) is 7.36. The van der Waals surface area contributed by atoms with E-state index in [4.69, 9.17) is 0 Å². The summed E-state index contributed by atoms with van der Waals surface area (Å²) < 4.78 is 23.6. The first kappa shape index (κ1) is 14.1. The molecule has 1 saturated carbocycles. The summed E-state index contributed by atoms with van der Waals surface area (Å²) in [6, 6.07) is 8.16. The molecule has 0 bridgehead atoms. The van der Waals surface area contributed by atoms with Crippen molar-refractivity contribution in [2.75, 3.05) is 6.26 Å². The molecule has 0 saturated heterocycles. The van der Waals surface area contributed by atoms with E-state index in [0.717, 1.165) is 19.3 Å². The highest BCUT2D eigenvalue weighted by atomic mass is 32.2. The molecule has 0 amide bonds. The monoisotopic (exact) mass is 294 g/mol. The minimum Gasteiger partial charge on any atom is -0.389 e. The van der Waals surface area contributed by atoms with Gasteiger partial charge in [-0.05, 0) is 36.3 Å². The molecule has 2 aliphatic rings. The Bertz CT molecular complexity index is 581. The summed E-state index contributed by atoms with van der Waals surface area (Å²) in [6.45, 7) is 0. The molecule has 3 rings (SSSR count). The van der Waals surface area contributed by atoms with Crippen molar-refractivity contribution in [3.05, 3.63) is 35.4 Å². The lowest BCUT2D eigenvalue weighted by Crippen LogP contribution is -2.43. The van der Waals surface area contributed by atoms with Gasteiger partial charge in [0.05, 0.1) is 10.9 Å². The van der Waals surface area contributed by atoms with Crippen LogP contribution in [0.4, 0.5) is 0 Å². The minimum atomic E-state index is -2.99. The molecule has 0 aliphatic heterocycles. The first-order chi connectivity index (χ1) is 9.38. The van der Waals surface area contributed by atoms with Gasteiger partial charge >= 0.3 is 0 Å². The van der Waals surface area contributed by atoms with Crippen LogP contribution in [-0.2, 0) is 22.7 Å². The van der Waals surface area contributed by atoms with Crippen LogP contribution < -0.4 is 0 Å². The third kappa shape index (κ3) is 2.51. The van der Waals surface area contributed by atoms with Gasteiger partial charge in [-0.1, -0.05) is 30.7 Å². The van der Waals surface area contributed by atoms with E-state index in [1.807, 2.05) is 12.1 Å². The maximum Gasteiger partial charge on any atom is 0.150 e. The van der Waals surface area contributed by atoms with Crippen LogP contribution in [0.15, 0.2) is 24.3 Å². The zero-order valence-corrected chi connectivity index (χ0v) is 12.7. The average molecular weight is 294 g/mol. The molecule has 3 nitrogen and oxygen atoms in total. The smallest absolute Gasteiger partial charge is 0.150 e. The van der Waals surface area contributed by atoms with Gasteiger partial charge in [0, 0.05) is 19.1 Å². The van der Waals surface area contributed by atoms with Crippen molar-refractivity contribution < 1.29 is 13.5 Å². The molecule has 20 heavy (non-hydrogen) atoms. The number of hydrogen-bond acceptors (Lipinski definition) is 3. The van der Waals surface area contributed by atoms with Crippen molar-refractivity contribution in [1.82, 2.24) is 0 Å². The molecule has 0 aromatic heterocycles. The van der Waals surface area contributed by atoms with Crippen LogP contribution in [0.3, 0.4) is 0 Å². The Morgan fingerprint density at radius 3 is 2.30 bits per heavy atom. The van der Waals surface area contributed by atoms with E-state index >= 15 is 0 Å². The highest BCUT2D eigenvalue weighted by Crippen LogP contribution is 2.42. The topological polar surface area (TPSA) is 54.4 Å². The maximum absolute atomic E-state index is 11.8. The highest BCUT2D eigenvalue weighted by Gasteiger charge is 2.45. The predicted octanol–water partition coefficient (Wildman–Crippen LogP) is 2.12. The van der Waals surface area contributed by atoms with Crippen LogP contribution >= 0.6 is 0 Å². The van der Waals surface area contributed by atoms with Crippen molar-refractivity contribution in [2.24, 2.45) is 5.92 Å². The lowest BCUT2D eigenvalue weighted by molar-refractivity contribution is -0.0231. The van der Waals surface area contributed by atoms with Crippen molar-refractivity contribution in [2.45, 2.75) is 49.4 Å². The summed E-state index contributed by atoms with van der Waals surface area (Å²) in [5.74, 6) is 0.100. The molecule has 4 heteroatoms. The summed E-state index contributed by atoms with van der Waals surface area (Å²) in [4.78, 5) is 0. The SMILES string of the molecule is CS(=O)(=O)C1CCCC(C2(O)Cc3ccccc3C2)C1. The molecular weight excluding hydrogens is 272 g/mol. The van der Waals surface area contributed by atoms with Crippen molar-refractivity contribution >= 4 is 9.84 Å². The van der Waals surface area contributed by atoms with Gasteiger partial charge in [0.15, 0.2) is 0 Å². The fourth-order valence-electron chi connectivity index (χ4n) is 3.94. The van der Waals surface area contributed by atoms with Gasteiger partial charge in [-0.25, -0.2) is 8.42 Å². The molecule has 1 N–H and O–H groups in total. The van der Waals surface area contributed by atoms with Crippen LogP contribution in [0.5, 0.6) is 0 Å². The van der Waals surface area contributed by atoms with Gasteiger partial charge in [-0.2, -0.15) is 0 Å². The second kappa shape index (κ2) is 4.85. The Labute approximate surface area is 120 Å². The van der Waals surface area contributed by atoms with Gasteiger partial charge < -0.3 is 5.11 Å². The number of fused-ring (bicyclic) bond motifs is 1. The lowest BCUT2D eigenvalue weighted by atomic mass is 9.75. The summed E-state index contributed by atoms with van der Waals surface area (Å²) >= 11 is 0. The molecule has 0 heterocycles. The van der Waals surface area contributed by atoms with E-state index in [-0.39, 0.29) is 11.2 Å². The molecule has 2 aliphatic carbocycles. The lowest BCUT2D eigenvalue weighted by Gasteiger charge is -2.38. The summed E-state index contributed by atoms with van der Waals surface area (Å²) in [7, 11) is -2.99. The highest BCUT2D eigenvalue weighted by molar-refractivity contribution is 7.91. The normalized spacial score (nSPS) is 29.1. The van der Waals surface area contributed by atoms with E-state index < -0.39 is 15.4 Å². The molecule has 0 spiro atoms. The van der Waals surface area contributed by atoms with E-state index in [0.29, 0.717) is 19.3 Å². The van der Waals surface area contributed by atoms with E-state index in [1.54, 1.807) is 0 Å². The van der Waals surface area contributed by atoms with Gasteiger partial charge in [0.25, 0.3) is 0 Å². The number of aliphatic hydroxyl groups is 1. The fourth-order valence-corrected chi connectivity index (χ4v) is 5.11. The maximum atomic E-state index is 11.8. The quantitative estimate of drug-likeness (QED) is 0.909. The molecular formula is C16H22O3S. The average Bonchev–Trinajstić information content (AvgIpc) is 2.75.